The Balaban J connectivity index is 1.62. The Bertz CT molecular complexity index is 569. The number of aliphatic hydroxyl groups is 1. The minimum atomic E-state index is -0.266. The summed E-state index contributed by atoms with van der Waals surface area (Å²) in [4.78, 5) is 4.48. The average molecular weight is 301 g/mol. The van der Waals surface area contributed by atoms with Crippen molar-refractivity contribution in [2.75, 3.05) is 11.9 Å². The first-order valence-corrected chi connectivity index (χ1v) is 8.44. The number of hydrogen-bond acceptors (Lipinski definition) is 2. The van der Waals surface area contributed by atoms with Crippen molar-refractivity contribution in [1.82, 2.24) is 0 Å². The van der Waals surface area contributed by atoms with Gasteiger partial charge in [-0.3, -0.25) is 4.99 Å². The number of nitrogens with zero attached hydrogens (tertiary/aromatic N) is 1. The molecule has 0 heterocycles. The molecular formula is C18H27N3O. The van der Waals surface area contributed by atoms with Crippen LogP contribution in [0.25, 0.3) is 0 Å². The molecular weight excluding hydrogens is 274 g/mol. The molecule has 0 aliphatic heterocycles. The van der Waals surface area contributed by atoms with E-state index in [1.807, 2.05) is 0 Å². The molecule has 0 bridgehead atoms. The fourth-order valence-electron chi connectivity index (χ4n) is 3.67. The van der Waals surface area contributed by atoms with Gasteiger partial charge in [-0.25, -0.2) is 0 Å². The van der Waals surface area contributed by atoms with Crippen molar-refractivity contribution in [3.63, 3.8) is 0 Å². The van der Waals surface area contributed by atoms with Gasteiger partial charge >= 0.3 is 0 Å². The Morgan fingerprint density at radius 1 is 1.32 bits per heavy atom. The Morgan fingerprint density at radius 2 is 2.14 bits per heavy atom. The van der Waals surface area contributed by atoms with Crippen LogP contribution in [-0.2, 0) is 12.8 Å². The third-order valence-corrected chi connectivity index (χ3v) is 5.26. The first kappa shape index (κ1) is 15.3. The number of nitrogens with two attached hydrogens (primary N) is 1. The second-order valence-electron chi connectivity index (χ2n) is 7.08. The van der Waals surface area contributed by atoms with E-state index in [-0.39, 0.29) is 11.5 Å². The molecule has 0 amide bonds. The number of aliphatic imine (C=N–C) groups is 1. The summed E-state index contributed by atoms with van der Waals surface area (Å²) in [6.07, 6.45) is 7.51. The SMILES string of the molecule is CC1(CN=C(N)Nc2ccc3c(c2)CCC3)CCCCC1O. The fourth-order valence-corrected chi connectivity index (χ4v) is 3.67. The largest absolute Gasteiger partial charge is 0.392 e. The molecule has 0 saturated heterocycles. The van der Waals surface area contributed by atoms with E-state index in [1.165, 1.54) is 30.4 Å². The summed E-state index contributed by atoms with van der Waals surface area (Å²) in [6.45, 7) is 2.70. The van der Waals surface area contributed by atoms with Crippen LogP contribution in [0.1, 0.15) is 50.2 Å². The van der Waals surface area contributed by atoms with Gasteiger partial charge in [-0.15, -0.1) is 0 Å². The molecule has 0 aromatic heterocycles. The number of nitrogens with one attached hydrogen (secondary N) is 1. The molecule has 1 aromatic rings. The smallest absolute Gasteiger partial charge is 0.193 e. The molecule has 2 atom stereocenters. The highest BCUT2D eigenvalue weighted by atomic mass is 16.3. The van der Waals surface area contributed by atoms with Crippen LogP contribution in [0.5, 0.6) is 0 Å². The van der Waals surface area contributed by atoms with Crippen LogP contribution in [0, 0.1) is 5.41 Å². The Morgan fingerprint density at radius 3 is 2.95 bits per heavy atom. The fraction of sp³-hybridized carbons (Fsp3) is 0.611. The molecule has 0 radical (unpaired) electrons. The summed E-state index contributed by atoms with van der Waals surface area (Å²) in [5.41, 5.74) is 9.78. The summed E-state index contributed by atoms with van der Waals surface area (Å²) < 4.78 is 0. The molecule has 4 nitrogen and oxygen atoms in total. The van der Waals surface area contributed by atoms with Gasteiger partial charge in [0.25, 0.3) is 0 Å². The second-order valence-corrected chi connectivity index (χ2v) is 7.08. The molecule has 2 aliphatic rings. The maximum Gasteiger partial charge on any atom is 0.193 e. The van der Waals surface area contributed by atoms with Crippen molar-refractivity contribution < 1.29 is 5.11 Å². The topological polar surface area (TPSA) is 70.6 Å². The zero-order valence-electron chi connectivity index (χ0n) is 13.4. The summed E-state index contributed by atoms with van der Waals surface area (Å²) in [5, 5.41) is 13.4. The van der Waals surface area contributed by atoms with Crippen molar-refractivity contribution in [3.8, 4) is 0 Å². The maximum absolute atomic E-state index is 10.2. The van der Waals surface area contributed by atoms with E-state index in [2.05, 4.69) is 35.4 Å². The third kappa shape index (κ3) is 3.27. The number of fused-ring (bicyclic) bond motifs is 1. The second kappa shape index (κ2) is 6.29. The van der Waals surface area contributed by atoms with Gasteiger partial charge in [0.1, 0.15) is 0 Å². The van der Waals surface area contributed by atoms with Gasteiger partial charge in [-0.2, -0.15) is 0 Å². The predicted octanol–water partition coefficient (Wildman–Crippen LogP) is 2.84. The highest BCUT2D eigenvalue weighted by Gasteiger charge is 2.35. The normalized spacial score (nSPS) is 28.5. The molecule has 2 unspecified atom stereocenters. The van der Waals surface area contributed by atoms with Crippen molar-refractivity contribution in [2.45, 2.75) is 58.0 Å². The minimum absolute atomic E-state index is 0.136. The van der Waals surface area contributed by atoms with Crippen LogP contribution in [0.3, 0.4) is 0 Å². The van der Waals surface area contributed by atoms with Crippen molar-refractivity contribution >= 4 is 11.6 Å². The first-order valence-electron chi connectivity index (χ1n) is 8.44. The lowest BCUT2D eigenvalue weighted by Gasteiger charge is -2.37. The van der Waals surface area contributed by atoms with E-state index in [0.29, 0.717) is 12.5 Å². The highest BCUT2D eigenvalue weighted by Crippen LogP contribution is 2.36. The summed E-state index contributed by atoms with van der Waals surface area (Å²) in [7, 11) is 0. The number of benzene rings is 1. The minimum Gasteiger partial charge on any atom is -0.392 e. The molecule has 3 rings (SSSR count). The lowest BCUT2D eigenvalue weighted by molar-refractivity contribution is 0.00724. The van der Waals surface area contributed by atoms with Crippen molar-refractivity contribution in [1.29, 1.82) is 0 Å². The number of rotatable bonds is 3. The molecule has 2 aliphatic carbocycles. The first-order chi connectivity index (χ1) is 10.6. The highest BCUT2D eigenvalue weighted by molar-refractivity contribution is 5.92. The van der Waals surface area contributed by atoms with Crippen LogP contribution >= 0.6 is 0 Å². The predicted molar refractivity (Wildman–Crippen MR) is 91.2 cm³/mol. The van der Waals surface area contributed by atoms with Gasteiger partial charge in [0, 0.05) is 11.1 Å². The summed E-state index contributed by atoms with van der Waals surface area (Å²) in [5.74, 6) is 0.442. The van der Waals surface area contributed by atoms with E-state index >= 15 is 0 Å². The molecule has 4 heteroatoms. The van der Waals surface area contributed by atoms with Crippen molar-refractivity contribution in [3.05, 3.63) is 29.3 Å². The summed E-state index contributed by atoms with van der Waals surface area (Å²) in [6, 6.07) is 6.44. The van der Waals surface area contributed by atoms with Gasteiger partial charge in [-0.1, -0.05) is 25.8 Å². The number of guanidine groups is 1. The van der Waals surface area contributed by atoms with Crippen LogP contribution in [0.4, 0.5) is 5.69 Å². The molecule has 22 heavy (non-hydrogen) atoms. The molecule has 4 N–H and O–H groups in total. The molecule has 0 spiro atoms. The van der Waals surface area contributed by atoms with E-state index in [9.17, 15) is 5.11 Å². The average Bonchev–Trinajstić information content (AvgIpc) is 2.96. The zero-order chi connectivity index (χ0) is 15.6. The number of aliphatic hydroxyl groups excluding tert-OH is 1. The molecule has 1 fully saturated rings. The van der Waals surface area contributed by atoms with E-state index < -0.39 is 0 Å². The van der Waals surface area contributed by atoms with Crippen LogP contribution in [0.2, 0.25) is 0 Å². The van der Waals surface area contributed by atoms with Gasteiger partial charge < -0.3 is 16.2 Å². The van der Waals surface area contributed by atoms with Gasteiger partial charge in [0.15, 0.2) is 5.96 Å². The third-order valence-electron chi connectivity index (χ3n) is 5.26. The standard InChI is InChI=1S/C18H27N3O/c1-18(10-3-2-7-16(18)22)12-20-17(19)21-15-9-8-13-5-4-6-14(13)11-15/h8-9,11,16,22H,2-7,10,12H2,1H3,(H3,19,20,21). The number of anilines is 1. The van der Waals surface area contributed by atoms with E-state index in [4.69, 9.17) is 5.73 Å². The van der Waals surface area contributed by atoms with Crippen LogP contribution in [-0.4, -0.2) is 23.7 Å². The Kier molecular flexibility index (Phi) is 4.39. The van der Waals surface area contributed by atoms with E-state index in [0.717, 1.165) is 31.4 Å². The molecule has 1 saturated carbocycles. The van der Waals surface area contributed by atoms with Crippen LogP contribution < -0.4 is 11.1 Å². The van der Waals surface area contributed by atoms with Crippen molar-refractivity contribution in [2.24, 2.45) is 16.1 Å². The van der Waals surface area contributed by atoms with Gasteiger partial charge in [-0.05, 0) is 55.4 Å². The molecule has 1 aromatic carbocycles. The maximum atomic E-state index is 10.2. The number of aryl methyl sites for hydroxylation is 2. The zero-order valence-corrected chi connectivity index (χ0v) is 13.4. The summed E-state index contributed by atoms with van der Waals surface area (Å²) >= 11 is 0. The Labute approximate surface area is 132 Å². The monoisotopic (exact) mass is 301 g/mol. The van der Waals surface area contributed by atoms with Gasteiger partial charge in [0.05, 0.1) is 12.6 Å². The Hall–Kier alpha value is -1.55. The lowest BCUT2D eigenvalue weighted by Crippen LogP contribution is -2.39. The van der Waals surface area contributed by atoms with Crippen LogP contribution in [0.15, 0.2) is 23.2 Å². The lowest BCUT2D eigenvalue weighted by atomic mass is 9.73. The molecule has 120 valence electrons. The quantitative estimate of drug-likeness (QED) is 0.594. The van der Waals surface area contributed by atoms with Gasteiger partial charge in [0.2, 0.25) is 0 Å². The number of hydrogen-bond donors (Lipinski definition) is 3. The van der Waals surface area contributed by atoms with E-state index in [1.54, 1.807) is 0 Å².